The lowest BCUT2D eigenvalue weighted by Gasteiger charge is -2.25. The van der Waals surface area contributed by atoms with Crippen LogP contribution in [-0.2, 0) is 0 Å². The Morgan fingerprint density at radius 2 is 1.87 bits per heavy atom. The minimum atomic E-state index is -0.532. The summed E-state index contributed by atoms with van der Waals surface area (Å²) in [6.07, 6.45) is 2.47. The molecule has 0 spiro atoms. The van der Waals surface area contributed by atoms with Crippen LogP contribution in [0.2, 0.25) is 0 Å². The summed E-state index contributed by atoms with van der Waals surface area (Å²) in [7, 11) is 0. The van der Waals surface area contributed by atoms with E-state index >= 15 is 0 Å². The van der Waals surface area contributed by atoms with Crippen LogP contribution in [0.4, 0.5) is 0 Å². The summed E-state index contributed by atoms with van der Waals surface area (Å²) in [4.78, 5) is 0. The molecule has 0 atom stereocenters. The molecule has 0 aliphatic heterocycles. The molecule has 0 aromatic heterocycles. The molecule has 0 aromatic rings. The fraction of sp³-hybridized carbons (Fsp3) is 1.00. The predicted octanol–water partition coefficient (Wildman–Crippen LogP) is 1.24. The SMILES string of the molecule is CCC(O)(CC)CNCCSCCCO. The number of hydrogen-bond acceptors (Lipinski definition) is 4. The van der Waals surface area contributed by atoms with Crippen molar-refractivity contribution in [3.05, 3.63) is 0 Å². The molecule has 0 radical (unpaired) electrons. The van der Waals surface area contributed by atoms with E-state index < -0.39 is 5.60 Å². The van der Waals surface area contributed by atoms with Crippen molar-refractivity contribution in [3.63, 3.8) is 0 Å². The zero-order valence-corrected chi connectivity index (χ0v) is 10.8. The quantitative estimate of drug-likeness (QED) is 0.499. The fourth-order valence-corrected chi connectivity index (χ4v) is 2.06. The number of thioether (sulfide) groups is 1. The number of nitrogens with one attached hydrogen (secondary N) is 1. The highest BCUT2D eigenvalue weighted by atomic mass is 32.2. The first kappa shape index (κ1) is 15.2. The highest BCUT2D eigenvalue weighted by Crippen LogP contribution is 2.12. The van der Waals surface area contributed by atoms with Crippen molar-refractivity contribution < 1.29 is 10.2 Å². The summed E-state index contributed by atoms with van der Waals surface area (Å²) in [5, 5.41) is 21.8. The van der Waals surface area contributed by atoms with Gasteiger partial charge in [0, 0.05) is 25.4 Å². The Kier molecular flexibility index (Phi) is 9.60. The van der Waals surface area contributed by atoms with Gasteiger partial charge < -0.3 is 15.5 Å². The van der Waals surface area contributed by atoms with E-state index in [1.165, 1.54) is 0 Å². The molecule has 0 aliphatic carbocycles. The van der Waals surface area contributed by atoms with Crippen LogP contribution in [0, 0.1) is 0 Å². The van der Waals surface area contributed by atoms with Gasteiger partial charge in [0.1, 0.15) is 0 Å². The van der Waals surface area contributed by atoms with Gasteiger partial charge >= 0.3 is 0 Å². The maximum atomic E-state index is 9.97. The van der Waals surface area contributed by atoms with Crippen LogP contribution in [0.3, 0.4) is 0 Å². The summed E-state index contributed by atoms with van der Waals surface area (Å²) in [5.74, 6) is 2.06. The lowest BCUT2D eigenvalue weighted by molar-refractivity contribution is 0.0332. The van der Waals surface area contributed by atoms with Crippen molar-refractivity contribution in [2.45, 2.75) is 38.7 Å². The van der Waals surface area contributed by atoms with Gasteiger partial charge in [0.25, 0.3) is 0 Å². The van der Waals surface area contributed by atoms with Gasteiger partial charge in [0.15, 0.2) is 0 Å². The molecule has 0 saturated carbocycles. The zero-order valence-electron chi connectivity index (χ0n) is 9.96. The zero-order chi connectivity index (χ0) is 11.6. The predicted molar refractivity (Wildman–Crippen MR) is 67.4 cm³/mol. The third kappa shape index (κ3) is 8.08. The fourth-order valence-electron chi connectivity index (χ4n) is 1.23. The average Bonchev–Trinajstić information content (AvgIpc) is 2.27. The normalized spacial score (nSPS) is 12.0. The smallest absolute Gasteiger partial charge is 0.0766 e. The molecule has 0 amide bonds. The summed E-state index contributed by atoms with van der Waals surface area (Å²) in [5.41, 5.74) is -0.532. The molecule has 0 aliphatic rings. The minimum Gasteiger partial charge on any atom is -0.396 e. The van der Waals surface area contributed by atoms with Crippen molar-refractivity contribution in [1.82, 2.24) is 5.32 Å². The van der Waals surface area contributed by atoms with Gasteiger partial charge in [0.2, 0.25) is 0 Å². The molecule has 0 aromatic carbocycles. The third-order valence-corrected chi connectivity index (χ3v) is 3.71. The second-order valence-corrected chi connectivity index (χ2v) is 5.02. The Morgan fingerprint density at radius 3 is 2.40 bits per heavy atom. The van der Waals surface area contributed by atoms with E-state index in [0.29, 0.717) is 6.54 Å². The van der Waals surface area contributed by atoms with E-state index in [9.17, 15) is 5.11 Å². The third-order valence-electron chi connectivity index (χ3n) is 2.64. The van der Waals surface area contributed by atoms with Crippen LogP contribution in [0.25, 0.3) is 0 Å². The molecule has 15 heavy (non-hydrogen) atoms. The first-order valence-electron chi connectivity index (χ1n) is 5.80. The van der Waals surface area contributed by atoms with Crippen LogP contribution in [0.5, 0.6) is 0 Å². The van der Waals surface area contributed by atoms with Crippen molar-refractivity contribution in [1.29, 1.82) is 0 Å². The summed E-state index contributed by atoms with van der Waals surface area (Å²) >= 11 is 1.84. The molecular formula is C11H25NO2S. The Morgan fingerprint density at radius 1 is 1.20 bits per heavy atom. The molecular weight excluding hydrogens is 210 g/mol. The minimum absolute atomic E-state index is 0.284. The van der Waals surface area contributed by atoms with Gasteiger partial charge in [-0.3, -0.25) is 0 Å². The molecule has 3 N–H and O–H groups in total. The van der Waals surface area contributed by atoms with Crippen LogP contribution < -0.4 is 5.32 Å². The Balaban J connectivity index is 3.29. The highest BCUT2D eigenvalue weighted by molar-refractivity contribution is 7.99. The molecule has 0 heterocycles. The van der Waals surface area contributed by atoms with Gasteiger partial charge in [-0.05, 0) is 25.0 Å². The monoisotopic (exact) mass is 235 g/mol. The van der Waals surface area contributed by atoms with E-state index in [0.717, 1.165) is 37.3 Å². The van der Waals surface area contributed by atoms with E-state index in [1.807, 2.05) is 25.6 Å². The molecule has 0 rings (SSSR count). The Hall–Kier alpha value is 0.230. The lowest BCUT2D eigenvalue weighted by atomic mass is 9.98. The molecule has 0 saturated heterocycles. The first-order valence-corrected chi connectivity index (χ1v) is 6.95. The molecule has 0 unspecified atom stereocenters. The van der Waals surface area contributed by atoms with E-state index in [1.54, 1.807) is 0 Å². The second kappa shape index (κ2) is 9.46. The number of aliphatic hydroxyl groups excluding tert-OH is 1. The largest absolute Gasteiger partial charge is 0.396 e. The van der Waals surface area contributed by atoms with Gasteiger partial charge in [-0.15, -0.1) is 0 Å². The second-order valence-electron chi connectivity index (χ2n) is 3.80. The average molecular weight is 235 g/mol. The van der Waals surface area contributed by atoms with E-state index in [-0.39, 0.29) is 6.61 Å². The number of hydrogen-bond donors (Lipinski definition) is 3. The van der Waals surface area contributed by atoms with Crippen LogP contribution in [0.1, 0.15) is 33.1 Å². The Labute approximate surface area is 97.7 Å². The standard InChI is InChI=1S/C11H25NO2S/c1-3-11(14,4-2)10-12-6-9-15-8-5-7-13/h12-14H,3-10H2,1-2H3. The molecule has 3 nitrogen and oxygen atoms in total. The van der Waals surface area contributed by atoms with Crippen molar-refractivity contribution in [2.75, 3.05) is 31.2 Å². The van der Waals surface area contributed by atoms with Gasteiger partial charge in [-0.2, -0.15) is 11.8 Å². The summed E-state index contributed by atoms with van der Waals surface area (Å²) in [6.45, 7) is 5.92. The molecule has 92 valence electrons. The molecule has 4 heteroatoms. The van der Waals surface area contributed by atoms with Crippen LogP contribution in [0.15, 0.2) is 0 Å². The lowest BCUT2D eigenvalue weighted by Crippen LogP contribution is -2.40. The molecule has 0 fully saturated rings. The van der Waals surface area contributed by atoms with Crippen LogP contribution >= 0.6 is 11.8 Å². The van der Waals surface area contributed by atoms with Crippen molar-refractivity contribution in [2.24, 2.45) is 0 Å². The highest BCUT2D eigenvalue weighted by Gasteiger charge is 2.20. The van der Waals surface area contributed by atoms with Gasteiger partial charge in [0.05, 0.1) is 5.60 Å². The number of rotatable bonds is 10. The van der Waals surface area contributed by atoms with Crippen molar-refractivity contribution >= 4 is 11.8 Å². The first-order chi connectivity index (χ1) is 7.18. The topological polar surface area (TPSA) is 52.5 Å². The summed E-state index contributed by atoms with van der Waals surface area (Å²) in [6, 6.07) is 0. The maximum absolute atomic E-state index is 9.97. The maximum Gasteiger partial charge on any atom is 0.0766 e. The number of aliphatic hydroxyl groups is 2. The van der Waals surface area contributed by atoms with Gasteiger partial charge in [-0.1, -0.05) is 13.8 Å². The van der Waals surface area contributed by atoms with E-state index in [4.69, 9.17) is 5.11 Å². The van der Waals surface area contributed by atoms with Crippen molar-refractivity contribution in [3.8, 4) is 0 Å². The van der Waals surface area contributed by atoms with E-state index in [2.05, 4.69) is 5.32 Å². The van der Waals surface area contributed by atoms with Gasteiger partial charge in [-0.25, -0.2) is 0 Å². The molecule has 0 bridgehead atoms. The van der Waals surface area contributed by atoms with Crippen LogP contribution in [-0.4, -0.2) is 47.0 Å². The summed E-state index contributed by atoms with van der Waals surface area (Å²) < 4.78 is 0. The Bertz CT molecular complexity index is 141.